The smallest absolute Gasteiger partial charge is 0.307 e. The Hall–Kier alpha value is -3.37. The van der Waals surface area contributed by atoms with E-state index < -0.39 is 0 Å². The fraction of sp³-hybridized carbons (Fsp3) is 0.281. The molecule has 0 bridgehead atoms. The van der Waals surface area contributed by atoms with Gasteiger partial charge in [-0.2, -0.15) is 5.26 Å². The highest BCUT2D eigenvalue weighted by Gasteiger charge is 2.29. The number of nitriles is 1. The number of thiophene rings is 1. The van der Waals surface area contributed by atoms with Gasteiger partial charge in [-0.05, 0) is 83.1 Å². The van der Waals surface area contributed by atoms with Gasteiger partial charge in [0, 0.05) is 28.1 Å². The predicted octanol–water partition coefficient (Wildman–Crippen LogP) is 8.48. The summed E-state index contributed by atoms with van der Waals surface area (Å²) >= 11 is 14.3. The minimum absolute atomic E-state index is 0.0276. The van der Waals surface area contributed by atoms with Crippen molar-refractivity contribution in [3.05, 3.63) is 104 Å². The molecule has 4 aromatic rings. The van der Waals surface area contributed by atoms with E-state index in [1.54, 1.807) is 24.3 Å². The third-order valence-corrected chi connectivity index (χ3v) is 8.39. The van der Waals surface area contributed by atoms with Gasteiger partial charge in [-0.3, -0.25) is 9.59 Å². The number of fused-ring (bicyclic) bond motifs is 1. The van der Waals surface area contributed by atoms with E-state index >= 15 is 0 Å². The summed E-state index contributed by atoms with van der Waals surface area (Å²) in [6.45, 7) is 4.45. The van der Waals surface area contributed by atoms with E-state index in [1.165, 1.54) is 0 Å². The lowest BCUT2D eigenvalue weighted by molar-refractivity contribution is -0.142. The molecule has 0 spiro atoms. The Kier molecular flexibility index (Phi) is 10.2. The minimum atomic E-state index is -0.335. The number of nitrogens with one attached hydrogen (secondary N) is 1. The molecule has 5 nitrogen and oxygen atoms in total. The molecule has 4 rings (SSSR count). The number of hydrogen-bond donors (Lipinski definition) is 1. The van der Waals surface area contributed by atoms with Crippen molar-refractivity contribution in [1.82, 2.24) is 5.32 Å². The molecule has 0 aliphatic rings. The fourth-order valence-corrected chi connectivity index (χ4v) is 6.47. The van der Waals surface area contributed by atoms with Crippen LogP contribution in [-0.2, 0) is 9.53 Å². The van der Waals surface area contributed by atoms with Crippen LogP contribution in [0.2, 0.25) is 10.0 Å². The first-order valence-corrected chi connectivity index (χ1v) is 14.9. The molecule has 1 N–H and O–H groups in total. The predicted molar refractivity (Wildman–Crippen MR) is 163 cm³/mol. The number of carbonyl (C=O) groups excluding carboxylic acids is 2. The zero-order valence-electron chi connectivity index (χ0n) is 22.4. The van der Waals surface area contributed by atoms with Crippen LogP contribution >= 0.6 is 34.5 Å². The molecule has 40 heavy (non-hydrogen) atoms. The Morgan fingerprint density at radius 2 is 1.70 bits per heavy atom. The monoisotopic (exact) mass is 592 g/mol. The van der Waals surface area contributed by atoms with Gasteiger partial charge in [0.15, 0.2) is 0 Å². The van der Waals surface area contributed by atoms with E-state index in [-0.39, 0.29) is 36.7 Å². The lowest BCUT2D eigenvalue weighted by atomic mass is 9.75. The van der Waals surface area contributed by atoms with Gasteiger partial charge in [0.25, 0.3) is 5.91 Å². The van der Waals surface area contributed by atoms with Crippen molar-refractivity contribution in [2.75, 3.05) is 13.2 Å². The SMILES string of the molecule is CCC[C@H](c1ccc(C(=O)NCCC(=O)OCC)cc1)C(c1ccc(Cl)cc1)c1csc2c(C#N)cc(Cl)cc12. The number of halogens is 2. The Balaban J connectivity index is 1.70. The molecule has 0 fully saturated rings. The van der Waals surface area contributed by atoms with Crippen molar-refractivity contribution in [2.45, 2.75) is 44.9 Å². The van der Waals surface area contributed by atoms with E-state index in [0.29, 0.717) is 27.8 Å². The van der Waals surface area contributed by atoms with Crippen LogP contribution in [0.15, 0.2) is 66.0 Å². The summed E-state index contributed by atoms with van der Waals surface area (Å²) in [5.41, 5.74) is 4.42. The first-order valence-electron chi connectivity index (χ1n) is 13.3. The molecule has 0 aliphatic carbocycles. The van der Waals surface area contributed by atoms with Crippen LogP contribution in [0.3, 0.4) is 0 Å². The molecule has 3 aromatic carbocycles. The van der Waals surface area contributed by atoms with Crippen molar-refractivity contribution < 1.29 is 14.3 Å². The summed E-state index contributed by atoms with van der Waals surface area (Å²) in [7, 11) is 0. The van der Waals surface area contributed by atoms with E-state index in [2.05, 4.69) is 35.8 Å². The van der Waals surface area contributed by atoms with Gasteiger partial charge in [0.1, 0.15) is 6.07 Å². The van der Waals surface area contributed by atoms with Gasteiger partial charge < -0.3 is 10.1 Å². The molecule has 1 unspecified atom stereocenters. The normalized spacial score (nSPS) is 12.5. The summed E-state index contributed by atoms with van der Waals surface area (Å²) in [5.74, 6) is -0.507. The number of hydrogen-bond acceptors (Lipinski definition) is 5. The Labute approximate surface area is 248 Å². The van der Waals surface area contributed by atoms with E-state index in [0.717, 1.165) is 39.6 Å². The molecular formula is C32H30Cl2N2O3S. The molecule has 1 heterocycles. The maximum Gasteiger partial charge on any atom is 0.307 e. The second-order valence-electron chi connectivity index (χ2n) is 9.49. The number of esters is 1. The summed E-state index contributed by atoms with van der Waals surface area (Å²) in [6.07, 6.45) is 1.99. The fourth-order valence-electron chi connectivity index (χ4n) is 5.08. The largest absolute Gasteiger partial charge is 0.466 e. The maximum atomic E-state index is 12.7. The van der Waals surface area contributed by atoms with Crippen molar-refractivity contribution in [1.29, 1.82) is 5.26 Å². The second-order valence-corrected chi connectivity index (χ2v) is 11.2. The summed E-state index contributed by atoms with van der Waals surface area (Å²) in [6, 6.07) is 21.5. The van der Waals surface area contributed by atoms with Gasteiger partial charge in [0.05, 0.1) is 23.3 Å². The quantitative estimate of drug-likeness (QED) is 0.177. The van der Waals surface area contributed by atoms with Crippen LogP contribution in [0.4, 0.5) is 0 Å². The zero-order chi connectivity index (χ0) is 28.6. The molecule has 8 heteroatoms. The Morgan fingerprint density at radius 1 is 1.00 bits per heavy atom. The number of benzene rings is 3. The van der Waals surface area contributed by atoms with E-state index in [4.69, 9.17) is 27.9 Å². The van der Waals surface area contributed by atoms with Gasteiger partial charge >= 0.3 is 5.97 Å². The van der Waals surface area contributed by atoms with Crippen molar-refractivity contribution in [3.63, 3.8) is 0 Å². The third kappa shape index (κ3) is 6.85. The Bertz CT molecular complexity index is 1530. The number of nitrogens with zero attached hydrogens (tertiary/aromatic N) is 1. The molecule has 0 aliphatic heterocycles. The molecule has 0 radical (unpaired) electrons. The lowest BCUT2D eigenvalue weighted by Gasteiger charge is -2.29. The standard InChI is InChI=1S/C32H30Cl2N2O3S/c1-3-5-26(20-6-8-22(9-7-20)32(38)36-15-14-29(37)39-4-2)30(21-10-12-24(33)13-11-21)28-19-40-31-23(18-35)16-25(34)17-27(28)31/h6-13,16-17,19,26,30H,3-5,14-15H2,1-2H3,(H,36,38)/t26-,30?/m1/s1. The minimum Gasteiger partial charge on any atom is -0.466 e. The molecular weight excluding hydrogens is 563 g/mol. The highest BCUT2D eigenvalue weighted by atomic mass is 35.5. The first-order chi connectivity index (χ1) is 19.4. The molecule has 0 saturated carbocycles. The summed E-state index contributed by atoms with van der Waals surface area (Å²) in [4.78, 5) is 24.3. The molecule has 1 aromatic heterocycles. The average Bonchev–Trinajstić information content (AvgIpc) is 3.36. The van der Waals surface area contributed by atoms with E-state index in [9.17, 15) is 14.9 Å². The van der Waals surface area contributed by atoms with Crippen molar-refractivity contribution >= 4 is 56.5 Å². The van der Waals surface area contributed by atoms with Crippen LogP contribution in [0.1, 0.15) is 77.6 Å². The number of rotatable bonds is 11. The van der Waals surface area contributed by atoms with Gasteiger partial charge in [0.2, 0.25) is 0 Å². The van der Waals surface area contributed by atoms with E-state index in [1.807, 2.05) is 42.5 Å². The van der Waals surface area contributed by atoms with Crippen LogP contribution in [-0.4, -0.2) is 25.0 Å². The molecule has 0 saturated heterocycles. The zero-order valence-corrected chi connectivity index (χ0v) is 24.7. The first kappa shape index (κ1) is 29.6. The maximum absolute atomic E-state index is 12.7. The lowest BCUT2D eigenvalue weighted by Crippen LogP contribution is -2.26. The number of carbonyl (C=O) groups is 2. The van der Waals surface area contributed by atoms with Crippen molar-refractivity contribution in [3.8, 4) is 6.07 Å². The highest BCUT2D eigenvalue weighted by Crippen LogP contribution is 2.46. The summed E-state index contributed by atoms with van der Waals surface area (Å²) < 4.78 is 5.84. The molecule has 2 atom stereocenters. The summed E-state index contributed by atoms with van der Waals surface area (Å²) in [5, 5.41) is 16.8. The number of amides is 1. The Morgan fingerprint density at radius 3 is 2.35 bits per heavy atom. The topological polar surface area (TPSA) is 79.2 Å². The molecule has 1 amide bonds. The van der Waals surface area contributed by atoms with Crippen LogP contribution in [0.5, 0.6) is 0 Å². The van der Waals surface area contributed by atoms with Crippen LogP contribution < -0.4 is 5.32 Å². The third-order valence-electron chi connectivity index (χ3n) is 6.88. The average molecular weight is 594 g/mol. The van der Waals surface area contributed by atoms with Gasteiger partial charge in [-0.15, -0.1) is 11.3 Å². The van der Waals surface area contributed by atoms with Crippen molar-refractivity contribution in [2.24, 2.45) is 0 Å². The van der Waals surface area contributed by atoms with Crippen LogP contribution in [0.25, 0.3) is 10.1 Å². The second kappa shape index (κ2) is 13.8. The highest BCUT2D eigenvalue weighted by molar-refractivity contribution is 7.17. The van der Waals surface area contributed by atoms with Crippen LogP contribution in [0, 0.1) is 11.3 Å². The van der Waals surface area contributed by atoms with Gasteiger partial charge in [-0.25, -0.2) is 0 Å². The van der Waals surface area contributed by atoms with Gasteiger partial charge in [-0.1, -0.05) is 60.8 Å². The molecule has 206 valence electrons. The number of ether oxygens (including phenoxy) is 1.